The van der Waals surface area contributed by atoms with E-state index in [4.69, 9.17) is 11.6 Å². The highest BCUT2D eigenvalue weighted by molar-refractivity contribution is 6.31. The molecule has 1 aromatic heterocycles. The molecule has 2 rings (SSSR count). The van der Waals surface area contributed by atoms with Crippen molar-refractivity contribution in [1.29, 1.82) is 0 Å². The first-order valence-electron chi connectivity index (χ1n) is 5.78. The van der Waals surface area contributed by atoms with Gasteiger partial charge in [0.15, 0.2) is 5.82 Å². The van der Waals surface area contributed by atoms with Gasteiger partial charge in [0.05, 0.1) is 5.69 Å². The third-order valence-corrected chi connectivity index (χ3v) is 3.01. The molecule has 2 aromatic rings. The summed E-state index contributed by atoms with van der Waals surface area (Å²) in [6, 6.07) is 11.8. The Bertz CT molecular complexity index is 526. The summed E-state index contributed by atoms with van der Waals surface area (Å²) in [4.78, 5) is 6.32. The third kappa shape index (κ3) is 2.93. The number of halogens is 1. The van der Waals surface area contributed by atoms with Crippen LogP contribution in [0.25, 0.3) is 0 Å². The maximum atomic E-state index is 6.13. The monoisotopic (exact) mass is 261 g/mol. The first-order chi connectivity index (χ1) is 8.68. The number of hydrogen-bond acceptors (Lipinski definition) is 3. The summed E-state index contributed by atoms with van der Waals surface area (Å²) < 4.78 is 0. The summed E-state index contributed by atoms with van der Waals surface area (Å²) in [7, 11) is 3.95. The van der Waals surface area contributed by atoms with E-state index in [9.17, 15) is 0 Å². The highest BCUT2D eigenvalue weighted by atomic mass is 35.5. The van der Waals surface area contributed by atoms with E-state index in [1.54, 1.807) is 6.20 Å². The number of benzene rings is 1. The number of nitrogens with one attached hydrogen (secondary N) is 1. The molecule has 18 heavy (non-hydrogen) atoms. The van der Waals surface area contributed by atoms with E-state index >= 15 is 0 Å². The molecule has 0 aliphatic carbocycles. The van der Waals surface area contributed by atoms with Crippen LogP contribution < -0.4 is 10.2 Å². The normalized spacial score (nSPS) is 10.2. The molecule has 4 heteroatoms. The summed E-state index contributed by atoms with van der Waals surface area (Å²) in [6.07, 6.45) is 1.79. The number of pyridine rings is 1. The fraction of sp³-hybridized carbons (Fsp3) is 0.214. The molecular weight excluding hydrogens is 246 g/mol. The zero-order valence-electron chi connectivity index (χ0n) is 10.5. The second-order valence-electron chi connectivity index (χ2n) is 4.21. The van der Waals surface area contributed by atoms with Crippen molar-refractivity contribution in [3.8, 4) is 0 Å². The maximum Gasteiger partial charge on any atom is 0.151 e. The number of rotatable bonds is 4. The molecule has 0 spiro atoms. The molecule has 0 saturated heterocycles. The first kappa shape index (κ1) is 12.7. The zero-order chi connectivity index (χ0) is 13.0. The molecule has 94 valence electrons. The van der Waals surface area contributed by atoms with Gasteiger partial charge in [0.25, 0.3) is 0 Å². The number of nitrogens with zero attached hydrogens (tertiary/aromatic N) is 2. The van der Waals surface area contributed by atoms with Crippen LogP contribution in [0.5, 0.6) is 0 Å². The van der Waals surface area contributed by atoms with Gasteiger partial charge in [0.1, 0.15) is 0 Å². The topological polar surface area (TPSA) is 28.2 Å². The predicted molar refractivity (Wildman–Crippen MR) is 77.3 cm³/mol. The van der Waals surface area contributed by atoms with Gasteiger partial charge >= 0.3 is 0 Å². The lowest BCUT2D eigenvalue weighted by Crippen LogP contribution is -2.13. The first-order valence-corrected chi connectivity index (χ1v) is 6.16. The van der Waals surface area contributed by atoms with Crippen molar-refractivity contribution in [1.82, 2.24) is 4.98 Å². The molecule has 0 fully saturated rings. The molecule has 0 atom stereocenters. The number of anilines is 2. The van der Waals surface area contributed by atoms with Gasteiger partial charge in [-0.3, -0.25) is 0 Å². The van der Waals surface area contributed by atoms with E-state index < -0.39 is 0 Å². The van der Waals surface area contributed by atoms with E-state index in [2.05, 4.69) is 10.3 Å². The van der Waals surface area contributed by atoms with Gasteiger partial charge in [-0.15, -0.1) is 0 Å². The van der Waals surface area contributed by atoms with E-state index in [1.807, 2.05) is 55.4 Å². The van der Waals surface area contributed by atoms with Crippen LogP contribution in [-0.4, -0.2) is 19.1 Å². The minimum absolute atomic E-state index is 0.687. The smallest absolute Gasteiger partial charge is 0.151 e. The largest absolute Gasteiger partial charge is 0.378 e. The molecule has 0 bridgehead atoms. The Balaban J connectivity index is 2.14. The summed E-state index contributed by atoms with van der Waals surface area (Å²) in [5.74, 6) is 0.921. The third-order valence-electron chi connectivity index (χ3n) is 2.64. The van der Waals surface area contributed by atoms with Crippen LogP contribution in [-0.2, 0) is 6.54 Å². The Morgan fingerprint density at radius 2 is 1.94 bits per heavy atom. The molecule has 1 heterocycles. The van der Waals surface area contributed by atoms with Crippen LogP contribution in [0.2, 0.25) is 5.02 Å². The Morgan fingerprint density at radius 1 is 1.17 bits per heavy atom. The van der Waals surface area contributed by atoms with Crippen LogP contribution in [0.4, 0.5) is 11.5 Å². The minimum Gasteiger partial charge on any atom is -0.378 e. The summed E-state index contributed by atoms with van der Waals surface area (Å²) >= 11 is 6.13. The highest BCUT2D eigenvalue weighted by Gasteiger charge is 2.05. The lowest BCUT2D eigenvalue weighted by Gasteiger charge is -2.17. The van der Waals surface area contributed by atoms with Crippen LogP contribution in [0, 0.1) is 0 Å². The lowest BCUT2D eigenvalue weighted by molar-refractivity contribution is 1.05. The van der Waals surface area contributed by atoms with Gasteiger partial charge in [0, 0.05) is 31.9 Å². The van der Waals surface area contributed by atoms with Gasteiger partial charge in [-0.1, -0.05) is 29.8 Å². The van der Waals surface area contributed by atoms with Crippen molar-refractivity contribution in [2.45, 2.75) is 6.54 Å². The molecule has 0 unspecified atom stereocenters. The van der Waals surface area contributed by atoms with Crippen LogP contribution in [0.1, 0.15) is 5.56 Å². The number of hydrogen-bond donors (Lipinski definition) is 1. The molecule has 0 aliphatic heterocycles. The molecular formula is C14H16ClN3. The van der Waals surface area contributed by atoms with E-state index in [1.165, 1.54) is 0 Å². The summed E-state index contributed by atoms with van der Waals surface area (Å²) in [5, 5.41) is 4.14. The van der Waals surface area contributed by atoms with Crippen LogP contribution in [0.3, 0.4) is 0 Å². The van der Waals surface area contributed by atoms with Crippen molar-refractivity contribution in [3.63, 3.8) is 0 Å². The quantitative estimate of drug-likeness (QED) is 0.914. The molecule has 1 N–H and O–H groups in total. The second-order valence-corrected chi connectivity index (χ2v) is 4.62. The summed E-state index contributed by atoms with van der Waals surface area (Å²) in [5.41, 5.74) is 2.08. The zero-order valence-corrected chi connectivity index (χ0v) is 11.3. The van der Waals surface area contributed by atoms with Crippen molar-refractivity contribution < 1.29 is 0 Å². The average Bonchev–Trinajstić information content (AvgIpc) is 2.38. The Labute approximate surface area is 112 Å². The van der Waals surface area contributed by atoms with E-state index in [-0.39, 0.29) is 0 Å². The molecule has 0 amide bonds. The van der Waals surface area contributed by atoms with E-state index in [0.717, 1.165) is 22.1 Å². The van der Waals surface area contributed by atoms with E-state index in [0.29, 0.717) is 6.54 Å². The molecule has 0 saturated carbocycles. The van der Waals surface area contributed by atoms with Crippen LogP contribution >= 0.6 is 11.6 Å². The Kier molecular flexibility index (Phi) is 4.05. The van der Waals surface area contributed by atoms with Crippen LogP contribution in [0.15, 0.2) is 42.6 Å². The Morgan fingerprint density at radius 3 is 2.67 bits per heavy atom. The highest BCUT2D eigenvalue weighted by Crippen LogP contribution is 2.22. The SMILES string of the molecule is CN(C)c1ncccc1NCc1ccccc1Cl. The molecule has 3 nitrogen and oxygen atoms in total. The summed E-state index contributed by atoms with van der Waals surface area (Å²) in [6.45, 7) is 0.687. The standard InChI is InChI=1S/C14H16ClN3/c1-18(2)14-13(8-5-9-16-14)17-10-11-6-3-4-7-12(11)15/h3-9,17H,10H2,1-2H3. The Hall–Kier alpha value is -1.74. The molecule has 0 radical (unpaired) electrons. The van der Waals surface area contributed by atoms with Crippen molar-refractivity contribution in [2.24, 2.45) is 0 Å². The average molecular weight is 262 g/mol. The minimum atomic E-state index is 0.687. The van der Waals surface area contributed by atoms with Gasteiger partial charge < -0.3 is 10.2 Å². The second kappa shape index (κ2) is 5.74. The lowest BCUT2D eigenvalue weighted by atomic mass is 10.2. The van der Waals surface area contributed by atoms with Gasteiger partial charge in [-0.25, -0.2) is 4.98 Å². The fourth-order valence-corrected chi connectivity index (χ4v) is 1.93. The van der Waals surface area contributed by atoms with Gasteiger partial charge in [-0.2, -0.15) is 0 Å². The van der Waals surface area contributed by atoms with Gasteiger partial charge in [0.2, 0.25) is 0 Å². The predicted octanol–water partition coefficient (Wildman–Crippen LogP) is 3.41. The van der Waals surface area contributed by atoms with Gasteiger partial charge in [-0.05, 0) is 23.8 Å². The molecule has 0 aliphatic rings. The van der Waals surface area contributed by atoms with Crippen molar-refractivity contribution >= 4 is 23.1 Å². The fourth-order valence-electron chi connectivity index (χ4n) is 1.72. The van der Waals surface area contributed by atoms with Crippen molar-refractivity contribution in [3.05, 3.63) is 53.2 Å². The number of aromatic nitrogens is 1. The molecule has 1 aromatic carbocycles. The van der Waals surface area contributed by atoms with Crippen molar-refractivity contribution in [2.75, 3.05) is 24.3 Å². The maximum absolute atomic E-state index is 6.13.